The first-order valence-electron chi connectivity index (χ1n) is 6.25. The van der Waals surface area contributed by atoms with Gasteiger partial charge < -0.3 is 15.7 Å². The van der Waals surface area contributed by atoms with Crippen LogP contribution in [-0.2, 0) is 11.3 Å². The summed E-state index contributed by atoms with van der Waals surface area (Å²) in [4.78, 5) is 23.0. The summed E-state index contributed by atoms with van der Waals surface area (Å²) in [6, 6.07) is 10.2. The lowest BCUT2D eigenvalue weighted by Crippen LogP contribution is -2.40. The molecular weight excluding hydrogens is 272 g/mol. The molecule has 1 aromatic heterocycles. The van der Waals surface area contributed by atoms with Gasteiger partial charge in [0.15, 0.2) is 6.04 Å². The maximum Gasteiger partial charge on any atom is 0.330 e. The Morgan fingerprint density at radius 3 is 2.52 bits per heavy atom. The number of aliphatic carboxylic acids is 1. The van der Waals surface area contributed by atoms with Gasteiger partial charge in [-0.05, 0) is 17.7 Å². The first-order valence-corrected chi connectivity index (χ1v) is 6.25. The van der Waals surface area contributed by atoms with Gasteiger partial charge in [0.05, 0.1) is 12.2 Å². The zero-order chi connectivity index (χ0) is 15.1. The topological polar surface area (TPSA) is 104 Å². The van der Waals surface area contributed by atoms with E-state index in [4.69, 9.17) is 0 Å². The monoisotopic (exact) mass is 286 g/mol. The van der Waals surface area contributed by atoms with Gasteiger partial charge in [0.2, 0.25) is 0 Å². The van der Waals surface area contributed by atoms with Gasteiger partial charge in [-0.25, -0.2) is 9.59 Å². The van der Waals surface area contributed by atoms with Crippen molar-refractivity contribution in [2.75, 3.05) is 0 Å². The maximum atomic E-state index is 11.8. The highest BCUT2D eigenvalue weighted by molar-refractivity contribution is 5.83. The predicted octanol–water partition coefficient (Wildman–Crippen LogP) is 1.10. The molecule has 0 bridgehead atoms. The van der Waals surface area contributed by atoms with Gasteiger partial charge in [-0.3, -0.25) is 0 Å². The van der Waals surface area contributed by atoms with Crippen molar-refractivity contribution in [3.63, 3.8) is 0 Å². The summed E-state index contributed by atoms with van der Waals surface area (Å²) in [6.07, 6.45) is 1.53. The van der Waals surface area contributed by atoms with Crippen LogP contribution in [0.4, 0.5) is 4.79 Å². The summed E-state index contributed by atoms with van der Waals surface area (Å²) in [5.41, 5.74) is 1.08. The van der Waals surface area contributed by atoms with Crippen molar-refractivity contribution in [2.24, 2.45) is 0 Å². The van der Waals surface area contributed by atoms with Crippen LogP contribution in [0.3, 0.4) is 0 Å². The van der Waals surface area contributed by atoms with Gasteiger partial charge in [-0.15, -0.1) is 0 Å². The van der Waals surface area contributed by atoms with Crippen LogP contribution in [0.25, 0.3) is 0 Å². The summed E-state index contributed by atoms with van der Waals surface area (Å²) in [7, 11) is 0. The Morgan fingerprint density at radius 2 is 1.90 bits per heavy atom. The summed E-state index contributed by atoms with van der Waals surface area (Å²) < 4.78 is 0. The van der Waals surface area contributed by atoms with E-state index in [9.17, 15) is 14.7 Å². The standard InChI is InChI=1S/C14H14N4O3/c19-13(20)12(10-5-2-1-3-6-10)17-14(21)15-9-11-7-4-8-16-18-11/h1-8,12H,9H2,(H,19,20)(H2,15,17,21)/t12-/m1/s1. The number of hydrogen-bond donors (Lipinski definition) is 3. The number of carboxylic acid groups (broad SMARTS) is 1. The molecule has 7 heteroatoms. The first kappa shape index (κ1) is 14.4. The van der Waals surface area contributed by atoms with E-state index in [0.29, 0.717) is 11.3 Å². The van der Waals surface area contributed by atoms with Gasteiger partial charge in [-0.2, -0.15) is 10.2 Å². The molecule has 7 nitrogen and oxygen atoms in total. The van der Waals surface area contributed by atoms with Crippen molar-refractivity contribution in [1.82, 2.24) is 20.8 Å². The number of urea groups is 1. The minimum Gasteiger partial charge on any atom is -0.479 e. The summed E-state index contributed by atoms with van der Waals surface area (Å²) in [5, 5.41) is 21.6. The molecule has 2 amide bonds. The number of carboxylic acids is 1. The largest absolute Gasteiger partial charge is 0.479 e. The molecule has 0 radical (unpaired) electrons. The van der Waals surface area contributed by atoms with Gasteiger partial charge in [0, 0.05) is 6.20 Å². The van der Waals surface area contributed by atoms with Crippen LogP contribution in [0, 0.1) is 0 Å². The van der Waals surface area contributed by atoms with Crippen molar-refractivity contribution in [3.8, 4) is 0 Å². The number of amides is 2. The second kappa shape index (κ2) is 6.99. The van der Waals surface area contributed by atoms with Crippen molar-refractivity contribution in [1.29, 1.82) is 0 Å². The van der Waals surface area contributed by atoms with E-state index in [-0.39, 0.29) is 6.54 Å². The van der Waals surface area contributed by atoms with E-state index >= 15 is 0 Å². The SMILES string of the molecule is O=C(NCc1cccnn1)N[C@@H](C(=O)O)c1ccccc1. The lowest BCUT2D eigenvalue weighted by atomic mass is 10.1. The van der Waals surface area contributed by atoms with Crippen LogP contribution >= 0.6 is 0 Å². The summed E-state index contributed by atoms with van der Waals surface area (Å²) in [6.45, 7) is 0.167. The predicted molar refractivity (Wildman–Crippen MR) is 74.2 cm³/mol. The van der Waals surface area contributed by atoms with Gasteiger partial charge >= 0.3 is 12.0 Å². The van der Waals surface area contributed by atoms with E-state index in [0.717, 1.165) is 0 Å². The molecule has 0 saturated carbocycles. The Labute approximate surface area is 121 Å². The van der Waals surface area contributed by atoms with E-state index in [2.05, 4.69) is 20.8 Å². The Morgan fingerprint density at radius 1 is 1.14 bits per heavy atom. The maximum absolute atomic E-state index is 11.8. The number of hydrogen-bond acceptors (Lipinski definition) is 4. The summed E-state index contributed by atoms with van der Waals surface area (Å²) >= 11 is 0. The third-order valence-corrected chi connectivity index (χ3v) is 2.71. The Kier molecular flexibility index (Phi) is 4.81. The van der Waals surface area contributed by atoms with Crippen molar-refractivity contribution < 1.29 is 14.7 Å². The highest BCUT2D eigenvalue weighted by Crippen LogP contribution is 2.12. The molecule has 2 aromatic rings. The number of nitrogens with one attached hydrogen (secondary N) is 2. The lowest BCUT2D eigenvalue weighted by molar-refractivity contribution is -0.139. The van der Waals surface area contributed by atoms with E-state index in [1.54, 1.807) is 42.5 Å². The average molecular weight is 286 g/mol. The zero-order valence-electron chi connectivity index (χ0n) is 11.1. The minimum absolute atomic E-state index is 0.167. The third kappa shape index (κ3) is 4.27. The van der Waals surface area contributed by atoms with Gasteiger partial charge in [-0.1, -0.05) is 30.3 Å². The molecule has 108 valence electrons. The molecule has 1 heterocycles. The minimum atomic E-state index is -1.13. The Balaban J connectivity index is 1.95. The molecule has 0 fully saturated rings. The number of aromatic nitrogens is 2. The molecule has 1 aromatic carbocycles. The molecule has 0 aliphatic carbocycles. The third-order valence-electron chi connectivity index (χ3n) is 2.71. The smallest absolute Gasteiger partial charge is 0.330 e. The quantitative estimate of drug-likeness (QED) is 0.763. The van der Waals surface area contributed by atoms with E-state index < -0.39 is 18.0 Å². The van der Waals surface area contributed by atoms with Crippen LogP contribution in [0.2, 0.25) is 0 Å². The zero-order valence-corrected chi connectivity index (χ0v) is 11.1. The normalized spacial score (nSPS) is 11.4. The van der Waals surface area contributed by atoms with Crippen LogP contribution < -0.4 is 10.6 Å². The Bertz CT molecular complexity index is 604. The molecule has 0 spiro atoms. The van der Waals surface area contributed by atoms with Crippen molar-refractivity contribution in [3.05, 3.63) is 59.9 Å². The second-order valence-electron chi connectivity index (χ2n) is 4.22. The molecule has 0 unspecified atom stereocenters. The van der Waals surface area contributed by atoms with Crippen LogP contribution in [0.1, 0.15) is 17.3 Å². The number of carbonyl (C=O) groups is 2. The van der Waals surface area contributed by atoms with Crippen LogP contribution in [0.5, 0.6) is 0 Å². The van der Waals surface area contributed by atoms with E-state index in [1.807, 2.05) is 0 Å². The summed E-state index contributed by atoms with van der Waals surface area (Å²) in [5.74, 6) is -1.13. The fourth-order valence-electron chi connectivity index (χ4n) is 1.71. The molecule has 3 N–H and O–H groups in total. The number of benzene rings is 1. The second-order valence-corrected chi connectivity index (χ2v) is 4.22. The molecular formula is C14H14N4O3. The first-order chi connectivity index (χ1) is 10.2. The fourth-order valence-corrected chi connectivity index (χ4v) is 1.71. The number of rotatable bonds is 5. The van der Waals surface area contributed by atoms with Crippen LogP contribution in [0.15, 0.2) is 48.7 Å². The molecule has 0 aliphatic rings. The average Bonchev–Trinajstić information content (AvgIpc) is 2.52. The highest BCUT2D eigenvalue weighted by Gasteiger charge is 2.21. The highest BCUT2D eigenvalue weighted by atomic mass is 16.4. The number of nitrogens with zero attached hydrogens (tertiary/aromatic N) is 2. The van der Waals surface area contributed by atoms with E-state index in [1.165, 1.54) is 6.20 Å². The number of carbonyl (C=O) groups excluding carboxylic acids is 1. The van der Waals surface area contributed by atoms with Crippen molar-refractivity contribution in [2.45, 2.75) is 12.6 Å². The molecule has 1 atom stereocenters. The fraction of sp³-hybridized carbons (Fsp3) is 0.143. The molecule has 2 rings (SSSR count). The Hall–Kier alpha value is -2.96. The van der Waals surface area contributed by atoms with Gasteiger partial charge in [0.1, 0.15) is 0 Å². The van der Waals surface area contributed by atoms with Crippen molar-refractivity contribution >= 4 is 12.0 Å². The van der Waals surface area contributed by atoms with Crippen LogP contribution in [-0.4, -0.2) is 27.3 Å². The molecule has 0 aliphatic heterocycles. The molecule has 21 heavy (non-hydrogen) atoms. The lowest BCUT2D eigenvalue weighted by Gasteiger charge is -2.15. The van der Waals surface area contributed by atoms with Gasteiger partial charge in [0.25, 0.3) is 0 Å². The molecule has 0 saturated heterocycles.